The largest absolute Gasteiger partial charge is 0.497 e. The quantitative estimate of drug-likeness (QED) is 0.737. The van der Waals surface area contributed by atoms with Crippen LogP contribution in [-0.2, 0) is 12.8 Å². The summed E-state index contributed by atoms with van der Waals surface area (Å²) in [6, 6.07) is 13.9. The van der Waals surface area contributed by atoms with Crippen LogP contribution in [0.2, 0.25) is 0 Å². The van der Waals surface area contributed by atoms with E-state index in [1.165, 1.54) is 11.1 Å². The van der Waals surface area contributed by atoms with E-state index in [9.17, 15) is 0 Å². The number of ether oxygens (including phenoxy) is 2. The van der Waals surface area contributed by atoms with Crippen molar-refractivity contribution >= 4 is 24.0 Å². The van der Waals surface area contributed by atoms with E-state index < -0.39 is 0 Å². The summed E-state index contributed by atoms with van der Waals surface area (Å²) < 4.78 is 10.5. The van der Waals surface area contributed by atoms with Gasteiger partial charge in [0.2, 0.25) is 5.95 Å². The van der Waals surface area contributed by atoms with Gasteiger partial charge in [-0.25, -0.2) is 9.97 Å². The van der Waals surface area contributed by atoms with Crippen LogP contribution in [0.25, 0.3) is 11.3 Å². The van der Waals surface area contributed by atoms with Crippen LogP contribution in [0.5, 0.6) is 11.5 Å². The third-order valence-electron chi connectivity index (χ3n) is 4.44. The third kappa shape index (κ3) is 3.44. The van der Waals surface area contributed by atoms with Gasteiger partial charge in [0.1, 0.15) is 11.5 Å². The van der Waals surface area contributed by atoms with Crippen molar-refractivity contribution in [1.82, 2.24) is 9.97 Å². The standard InChI is InChI=1S/C20H19N3O2.ClH/c1-24-16-7-5-15(6-8-16)22-20-21-12-14-4-3-13-11-17(25-2)9-10-18(13)19(14)23-20;/h5-12H,3-4H2,1-2H3,(H,21,22,23);1H. The number of hydrogen-bond donors (Lipinski definition) is 1. The predicted octanol–water partition coefficient (Wildman–Crippen LogP) is 4.42. The third-order valence-corrected chi connectivity index (χ3v) is 4.44. The Hall–Kier alpha value is -2.79. The molecule has 1 N–H and O–H groups in total. The van der Waals surface area contributed by atoms with Crippen LogP contribution in [-0.4, -0.2) is 24.2 Å². The molecule has 1 aromatic heterocycles. The zero-order chi connectivity index (χ0) is 17.2. The lowest BCUT2D eigenvalue weighted by Gasteiger charge is -2.20. The summed E-state index contributed by atoms with van der Waals surface area (Å²) in [6.45, 7) is 0. The van der Waals surface area contributed by atoms with E-state index in [4.69, 9.17) is 14.5 Å². The van der Waals surface area contributed by atoms with Crippen molar-refractivity contribution in [3.63, 3.8) is 0 Å². The van der Waals surface area contributed by atoms with E-state index in [2.05, 4.69) is 22.4 Å². The maximum atomic E-state index is 5.33. The molecule has 1 aliphatic rings. The lowest BCUT2D eigenvalue weighted by atomic mass is 9.90. The molecular weight excluding hydrogens is 350 g/mol. The molecule has 0 spiro atoms. The molecule has 0 atom stereocenters. The van der Waals surface area contributed by atoms with Crippen LogP contribution in [0.1, 0.15) is 11.1 Å². The van der Waals surface area contributed by atoms with Gasteiger partial charge in [0, 0.05) is 17.4 Å². The minimum absolute atomic E-state index is 0. The van der Waals surface area contributed by atoms with E-state index >= 15 is 0 Å². The zero-order valence-corrected chi connectivity index (χ0v) is 15.5. The molecule has 0 aliphatic heterocycles. The average Bonchev–Trinajstić information content (AvgIpc) is 2.68. The minimum atomic E-state index is 0. The molecule has 6 heteroatoms. The Morgan fingerprint density at radius 1 is 0.885 bits per heavy atom. The highest BCUT2D eigenvalue weighted by Gasteiger charge is 2.19. The number of benzene rings is 2. The van der Waals surface area contributed by atoms with Gasteiger partial charge in [0.25, 0.3) is 0 Å². The van der Waals surface area contributed by atoms with Crippen molar-refractivity contribution in [2.75, 3.05) is 19.5 Å². The van der Waals surface area contributed by atoms with Crippen LogP contribution < -0.4 is 14.8 Å². The first-order valence-electron chi connectivity index (χ1n) is 8.21. The van der Waals surface area contributed by atoms with E-state index in [1.807, 2.05) is 36.5 Å². The Labute approximate surface area is 158 Å². The summed E-state index contributed by atoms with van der Waals surface area (Å²) in [6.07, 6.45) is 3.84. The normalized spacial score (nSPS) is 11.6. The summed E-state index contributed by atoms with van der Waals surface area (Å²) >= 11 is 0. The van der Waals surface area contributed by atoms with E-state index in [-0.39, 0.29) is 12.4 Å². The molecule has 4 rings (SSSR count). The van der Waals surface area contributed by atoms with Crippen LogP contribution >= 0.6 is 12.4 Å². The van der Waals surface area contributed by atoms with Gasteiger partial charge in [-0.2, -0.15) is 0 Å². The number of aromatic nitrogens is 2. The Morgan fingerprint density at radius 2 is 1.58 bits per heavy atom. The number of nitrogens with one attached hydrogen (secondary N) is 1. The van der Waals surface area contributed by atoms with Crippen molar-refractivity contribution in [2.45, 2.75) is 12.8 Å². The summed E-state index contributed by atoms with van der Waals surface area (Å²) in [5, 5.41) is 3.26. The number of rotatable bonds is 4. The highest BCUT2D eigenvalue weighted by molar-refractivity contribution is 5.85. The fraction of sp³-hybridized carbons (Fsp3) is 0.200. The van der Waals surface area contributed by atoms with Gasteiger partial charge < -0.3 is 14.8 Å². The number of fused-ring (bicyclic) bond motifs is 3. The molecule has 1 aliphatic carbocycles. The topological polar surface area (TPSA) is 56.3 Å². The SMILES string of the molecule is COc1ccc(Nc2ncc3c(n2)-c2ccc(OC)cc2CC3)cc1.Cl. The monoisotopic (exact) mass is 369 g/mol. The molecule has 0 amide bonds. The number of nitrogens with zero attached hydrogens (tertiary/aromatic N) is 2. The Bertz CT molecular complexity index is 913. The molecular formula is C20H20ClN3O2. The highest BCUT2D eigenvalue weighted by Crippen LogP contribution is 2.34. The Kier molecular flexibility index (Phi) is 5.28. The van der Waals surface area contributed by atoms with Gasteiger partial charge in [-0.1, -0.05) is 0 Å². The van der Waals surface area contributed by atoms with E-state index in [0.717, 1.165) is 41.3 Å². The van der Waals surface area contributed by atoms with Gasteiger partial charge in [0.05, 0.1) is 19.9 Å². The second kappa shape index (κ2) is 7.62. The Balaban J connectivity index is 0.00000196. The van der Waals surface area contributed by atoms with Crippen molar-refractivity contribution < 1.29 is 9.47 Å². The fourth-order valence-corrected chi connectivity index (χ4v) is 3.09. The molecule has 5 nitrogen and oxygen atoms in total. The number of anilines is 2. The first-order chi connectivity index (χ1) is 12.3. The first kappa shape index (κ1) is 18.0. The molecule has 1 heterocycles. The molecule has 134 valence electrons. The molecule has 0 saturated heterocycles. The number of halogens is 1. The van der Waals surface area contributed by atoms with E-state index in [1.54, 1.807) is 14.2 Å². The summed E-state index contributed by atoms with van der Waals surface area (Å²) in [5.74, 6) is 2.29. The predicted molar refractivity (Wildman–Crippen MR) is 105 cm³/mol. The lowest BCUT2D eigenvalue weighted by Crippen LogP contribution is -2.09. The summed E-state index contributed by atoms with van der Waals surface area (Å²) in [4.78, 5) is 9.21. The average molecular weight is 370 g/mol. The van der Waals surface area contributed by atoms with Crippen LogP contribution in [0, 0.1) is 0 Å². The van der Waals surface area contributed by atoms with Crippen LogP contribution in [0.3, 0.4) is 0 Å². The first-order valence-corrected chi connectivity index (χ1v) is 8.21. The number of aryl methyl sites for hydroxylation is 2. The van der Waals surface area contributed by atoms with Crippen molar-refractivity contribution in [1.29, 1.82) is 0 Å². The lowest BCUT2D eigenvalue weighted by molar-refractivity contribution is 0.414. The zero-order valence-electron chi connectivity index (χ0n) is 14.7. The molecule has 0 radical (unpaired) electrons. The van der Waals surface area contributed by atoms with Gasteiger partial charge in [-0.15, -0.1) is 12.4 Å². The van der Waals surface area contributed by atoms with Crippen LogP contribution in [0.4, 0.5) is 11.6 Å². The minimum Gasteiger partial charge on any atom is -0.497 e. The summed E-state index contributed by atoms with van der Waals surface area (Å²) in [7, 11) is 3.35. The Morgan fingerprint density at radius 3 is 2.31 bits per heavy atom. The maximum Gasteiger partial charge on any atom is 0.227 e. The molecule has 26 heavy (non-hydrogen) atoms. The van der Waals surface area contributed by atoms with Crippen molar-refractivity contribution in [3.8, 4) is 22.8 Å². The molecule has 0 saturated carbocycles. The molecule has 0 fully saturated rings. The summed E-state index contributed by atoms with van der Waals surface area (Å²) in [5.41, 5.74) is 5.52. The second-order valence-corrected chi connectivity index (χ2v) is 5.94. The van der Waals surface area contributed by atoms with Gasteiger partial charge in [-0.3, -0.25) is 0 Å². The fourth-order valence-electron chi connectivity index (χ4n) is 3.09. The highest BCUT2D eigenvalue weighted by atomic mass is 35.5. The molecule has 0 bridgehead atoms. The van der Waals surface area contributed by atoms with E-state index in [0.29, 0.717) is 5.95 Å². The number of hydrogen-bond acceptors (Lipinski definition) is 5. The van der Waals surface area contributed by atoms with Crippen molar-refractivity contribution in [2.24, 2.45) is 0 Å². The molecule has 2 aromatic carbocycles. The van der Waals surface area contributed by atoms with Crippen molar-refractivity contribution in [3.05, 3.63) is 59.8 Å². The van der Waals surface area contributed by atoms with Gasteiger partial charge in [-0.05, 0) is 66.4 Å². The molecule has 0 unspecified atom stereocenters. The van der Waals surface area contributed by atoms with Gasteiger partial charge >= 0.3 is 0 Å². The second-order valence-electron chi connectivity index (χ2n) is 5.94. The van der Waals surface area contributed by atoms with Gasteiger partial charge in [0.15, 0.2) is 0 Å². The maximum absolute atomic E-state index is 5.33. The van der Waals surface area contributed by atoms with Crippen LogP contribution in [0.15, 0.2) is 48.7 Å². The number of methoxy groups -OCH3 is 2. The molecule has 3 aromatic rings. The smallest absolute Gasteiger partial charge is 0.227 e.